The van der Waals surface area contributed by atoms with Gasteiger partial charge in [0.05, 0.1) is 38.6 Å². The molecule has 4 saturated carbocycles. The van der Waals surface area contributed by atoms with Gasteiger partial charge in [-0.05, 0) is 103 Å². The van der Waals surface area contributed by atoms with Gasteiger partial charge in [0.25, 0.3) is 0 Å². The number of allylic oxidation sites excluding steroid dienone is 2. The van der Waals surface area contributed by atoms with Gasteiger partial charge in [0, 0.05) is 5.41 Å². The van der Waals surface area contributed by atoms with Gasteiger partial charge in [-0.15, -0.1) is 0 Å². The summed E-state index contributed by atoms with van der Waals surface area (Å²) in [6, 6.07) is 0. The second-order valence-corrected chi connectivity index (χ2v) is 23.3. The summed E-state index contributed by atoms with van der Waals surface area (Å²) in [5, 5.41) is 118. The fourth-order valence-electron chi connectivity index (χ4n) is 14.8. The van der Waals surface area contributed by atoms with Crippen LogP contribution in [0.25, 0.3) is 0 Å². The van der Waals surface area contributed by atoms with Crippen molar-refractivity contribution in [2.45, 2.75) is 204 Å². The summed E-state index contributed by atoms with van der Waals surface area (Å²) in [7, 11) is 0. The summed E-state index contributed by atoms with van der Waals surface area (Å²) >= 11 is 0. The standard InChI is InChI=1S/C47H78O17/c1-42(2)14-15-47(21-48)23(16-42)22-8-9-28-44(5)12-11-30(43(3,4)27(44)10-13-45(28,6)46(22,7)17-29(47)50)64-41-38(58)35(55)33(53)26(63-41)20-61-40-37(57)34(54)32(52)25(62-40)19-60-39-36(56)31(51)24(49)18-59-39/h8,23-41,48-58H,9-21H2,1-7H3/t23-,24+,25+,26+,27-,28+,29-,30-,31-,32+,33+,34-,35-,36+,37+,38+,39-,40+,41-,44-,45+,46+,47+/m0/s1. The van der Waals surface area contributed by atoms with Crippen LogP contribution in [-0.4, -0.2) is 181 Å². The smallest absolute Gasteiger partial charge is 0.186 e. The Labute approximate surface area is 376 Å². The molecule has 0 radical (unpaired) electrons. The molecule has 368 valence electrons. The predicted octanol–water partition coefficient (Wildman–Crippen LogP) is 0.224. The Morgan fingerprint density at radius 2 is 1.22 bits per heavy atom. The van der Waals surface area contributed by atoms with E-state index in [0.717, 1.165) is 44.9 Å². The molecule has 8 rings (SSSR count). The molecule has 0 bridgehead atoms. The highest BCUT2D eigenvalue weighted by Gasteiger charge is 2.70. The molecule has 0 spiro atoms. The molecule has 11 N–H and O–H groups in total. The minimum Gasteiger partial charge on any atom is -0.396 e. The number of ether oxygens (including phenoxy) is 6. The van der Waals surface area contributed by atoms with Crippen LogP contribution in [0.1, 0.15) is 106 Å². The van der Waals surface area contributed by atoms with E-state index in [1.165, 1.54) is 5.57 Å². The lowest BCUT2D eigenvalue weighted by Gasteiger charge is -2.72. The maximum Gasteiger partial charge on any atom is 0.186 e. The van der Waals surface area contributed by atoms with E-state index in [9.17, 15) is 56.2 Å². The molecule has 7 fully saturated rings. The maximum atomic E-state index is 12.1. The van der Waals surface area contributed by atoms with Crippen LogP contribution in [0.2, 0.25) is 0 Å². The zero-order chi connectivity index (χ0) is 46.7. The van der Waals surface area contributed by atoms with Crippen molar-refractivity contribution < 1.29 is 84.6 Å². The molecular weight excluding hydrogens is 836 g/mol. The third kappa shape index (κ3) is 7.80. The van der Waals surface area contributed by atoms with E-state index in [0.29, 0.717) is 18.8 Å². The molecule has 64 heavy (non-hydrogen) atoms. The molecule has 0 aromatic heterocycles. The number of hydrogen-bond donors (Lipinski definition) is 11. The van der Waals surface area contributed by atoms with Crippen LogP contribution in [0.15, 0.2) is 11.6 Å². The van der Waals surface area contributed by atoms with Crippen molar-refractivity contribution in [1.29, 1.82) is 0 Å². The number of aliphatic hydroxyl groups excluding tert-OH is 11. The average molecular weight is 915 g/mol. The monoisotopic (exact) mass is 915 g/mol. The summed E-state index contributed by atoms with van der Waals surface area (Å²) in [6.45, 7) is 15.0. The summed E-state index contributed by atoms with van der Waals surface area (Å²) in [5.74, 6) is 0.675. The van der Waals surface area contributed by atoms with Crippen molar-refractivity contribution in [1.82, 2.24) is 0 Å². The molecule has 3 heterocycles. The molecule has 17 heteroatoms. The Morgan fingerprint density at radius 3 is 1.86 bits per heavy atom. The summed E-state index contributed by atoms with van der Waals surface area (Å²) in [4.78, 5) is 0. The van der Waals surface area contributed by atoms with E-state index in [4.69, 9.17) is 28.4 Å². The summed E-state index contributed by atoms with van der Waals surface area (Å²) in [6.07, 6.45) is -12.3. The first-order valence-electron chi connectivity index (χ1n) is 23.8. The number of rotatable bonds is 9. The molecule has 5 aliphatic carbocycles. The molecule has 0 aromatic rings. The molecular formula is C47H78O17. The Balaban J connectivity index is 0.937. The van der Waals surface area contributed by atoms with E-state index in [2.05, 4.69) is 54.5 Å². The molecule has 23 atom stereocenters. The number of aliphatic hydroxyl groups is 11. The SMILES string of the molecule is CC1(C)CC[C@]2(CO)[C@@H](O)C[C@]3(C)C(=CC[C@@H]4[C@@]5(C)CC[C@H](O[C@@H]6O[C@H](CO[C@@H]7O[C@H](CO[C@@H]8OC[C@@H](O)[C@H](O)[C@H]8O)[C@@H](O)[C@H](O)[C@H]7O)[C@@H](O)[C@H](O)[C@H]6O)C(C)(C)[C@@H]5CC[C@]43C)[C@@H]2C1. The van der Waals surface area contributed by atoms with Crippen molar-refractivity contribution >= 4 is 0 Å². The highest BCUT2D eigenvalue weighted by Crippen LogP contribution is 2.76. The average Bonchev–Trinajstić information content (AvgIpc) is 3.23. The van der Waals surface area contributed by atoms with Gasteiger partial charge in [0.2, 0.25) is 0 Å². The molecule has 3 saturated heterocycles. The van der Waals surface area contributed by atoms with Gasteiger partial charge >= 0.3 is 0 Å². The van der Waals surface area contributed by atoms with Crippen molar-refractivity contribution in [3.05, 3.63) is 11.6 Å². The van der Waals surface area contributed by atoms with Crippen LogP contribution in [0.3, 0.4) is 0 Å². The Morgan fingerprint density at radius 1 is 0.625 bits per heavy atom. The van der Waals surface area contributed by atoms with Crippen molar-refractivity contribution in [3.8, 4) is 0 Å². The van der Waals surface area contributed by atoms with Crippen molar-refractivity contribution in [3.63, 3.8) is 0 Å². The van der Waals surface area contributed by atoms with Gasteiger partial charge < -0.3 is 84.6 Å². The van der Waals surface area contributed by atoms with Gasteiger partial charge in [-0.2, -0.15) is 0 Å². The van der Waals surface area contributed by atoms with Crippen LogP contribution in [0.4, 0.5) is 0 Å². The Kier molecular flexibility index (Phi) is 13.5. The number of fused-ring (bicyclic) bond motifs is 7. The first-order valence-corrected chi connectivity index (χ1v) is 23.8. The van der Waals surface area contributed by atoms with Gasteiger partial charge in [0.15, 0.2) is 18.9 Å². The molecule has 8 aliphatic rings. The lowest BCUT2D eigenvalue weighted by Crippen LogP contribution is -2.67. The Bertz CT molecular complexity index is 1700. The molecule has 0 aromatic carbocycles. The van der Waals surface area contributed by atoms with E-state index in [-0.39, 0.29) is 46.7 Å². The van der Waals surface area contributed by atoms with Crippen molar-refractivity contribution in [2.75, 3.05) is 26.4 Å². The van der Waals surface area contributed by atoms with Gasteiger partial charge in [-0.25, -0.2) is 0 Å². The van der Waals surface area contributed by atoms with Gasteiger partial charge in [-0.1, -0.05) is 60.1 Å². The zero-order valence-corrected chi connectivity index (χ0v) is 38.6. The van der Waals surface area contributed by atoms with E-state index >= 15 is 0 Å². The first-order chi connectivity index (χ1) is 29.9. The second kappa shape index (κ2) is 17.5. The van der Waals surface area contributed by atoms with Gasteiger partial charge in [0.1, 0.15) is 67.1 Å². The first kappa shape index (κ1) is 49.5. The number of hydrogen-bond acceptors (Lipinski definition) is 17. The minimum absolute atomic E-state index is 0.00406. The molecule has 0 unspecified atom stereocenters. The largest absolute Gasteiger partial charge is 0.396 e. The zero-order valence-electron chi connectivity index (χ0n) is 38.6. The third-order valence-corrected chi connectivity index (χ3v) is 19.0. The maximum absolute atomic E-state index is 12.1. The van der Waals surface area contributed by atoms with E-state index in [1.54, 1.807) is 0 Å². The van der Waals surface area contributed by atoms with E-state index in [1.807, 2.05) is 0 Å². The van der Waals surface area contributed by atoms with Crippen LogP contribution in [0.5, 0.6) is 0 Å². The lowest BCUT2D eigenvalue weighted by atomic mass is 9.33. The Hall–Kier alpha value is -0.940. The third-order valence-electron chi connectivity index (χ3n) is 19.0. The van der Waals surface area contributed by atoms with Gasteiger partial charge in [-0.3, -0.25) is 0 Å². The predicted molar refractivity (Wildman–Crippen MR) is 225 cm³/mol. The van der Waals surface area contributed by atoms with Crippen LogP contribution in [-0.2, 0) is 28.4 Å². The van der Waals surface area contributed by atoms with Crippen LogP contribution in [0, 0.1) is 50.2 Å². The quantitative estimate of drug-likeness (QED) is 0.109. The van der Waals surface area contributed by atoms with Crippen LogP contribution < -0.4 is 0 Å². The molecule has 17 nitrogen and oxygen atoms in total. The fourth-order valence-corrected chi connectivity index (χ4v) is 14.8. The fraction of sp³-hybridized carbons (Fsp3) is 0.957. The normalized spacial score (nSPS) is 54.7. The van der Waals surface area contributed by atoms with Crippen LogP contribution >= 0.6 is 0 Å². The second-order valence-electron chi connectivity index (χ2n) is 23.3. The highest BCUT2D eigenvalue weighted by atomic mass is 16.7. The highest BCUT2D eigenvalue weighted by molar-refractivity contribution is 5.35. The molecule has 3 aliphatic heterocycles. The summed E-state index contributed by atoms with van der Waals surface area (Å²) < 4.78 is 35.0. The minimum atomic E-state index is -1.77. The topological polar surface area (TPSA) is 278 Å². The lowest BCUT2D eigenvalue weighted by molar-refractivity contribution is -0.348. The summed E-state index contributed by atoms with van der Waals surface area (Å²) in [5.41, 5.74) is 0.237. The van der Waals surface area contributed by atoms with E-state index < -0.39 is 122 Å². The molecule has 0 amide bonds. The van der Waals surface area contributed by atoms with Crippen molar-refractivity contribution in [2.24, 2.45) is 50.2 Å².